The Morgan fingerprint density at radius 3 is 2.62 bits per heavy atom. The number of carbonyl (C=O) groups is 2. The largest absolute Gasteiger partial charge is 0.342 e. The van der Waals surface area contributed by atoms with Gasteiger partial charge in [0.25, 0.3) is 5.91 Å². The molecule has 0 aliphatic carbocycles. The van der Waals surface area contributed by atoms with Crippen molar-refractivity contribution in [1.82, 2.24) is 24.5 Å². The van der Waals surface area contributed by atoms with Crippen LogP contribution in [0.3, 0.4) is 0 Å². The Morgan fingerprint density at radius 1 is 1.17 bits per heavy atom. The fourth-order valence-electron chi connectivity index (χ4n) is 4.99. The number of benzene rings is 1. The summed E-state index contributed by atoms with van der Waals surface area (Å²) in [5, 5.41) is 4.24. The number of hydrogen-bond donors (Lipinski definition) is 0. The van der Waals surface area contributed by atoms with Gasteiger partial charge in [-0.2, -0.15) is 5.10 Å². The normalized spacial score (nSPS) is 23.7. The van der Waals surface area contributed by atoms with Crippen molar-refractivity contribution in [3.8, 4) is 0 Å². The average Bonchev–Trinajstić information content (AvgIpc) is 3.35. The first-order valence-electron chi connectivity index (χ1n) is 10.1. The molecule has 2 saturated heterocycles. The van der Waals surface area contributed by atoms with Crippen LogP contribution in [-0.4, -0.2) is 83.1 Å². The van der Waals surface area contributed by atoms with Gasteiger partial charge in [0.15, 0.2) is 0 Å². The van der Waals surface area contributed by atoms with E-state index in [1.807, 2.05) is 51.0 Å². The summed E-state index contributed by atoms with van der Waals surface area (Å²) in [5.41, 5.74) is 1.74. The van der Waals surface area contributed by atoms with Crippen molar-refractivity contribution in [2.45, 2.75) is 13.5 Å². The molecule has 0 spiro atoms. The Bertz CT molecular complexity index is 894. The lowest BCUT2D eigenvalue weighted by atomic mass is 9.80. The summed E-state index contributed by atoms with van der Waals surface area (Å²) in [7, 11) is 4.12. The molecule has 2 aliphatic heterocycles. The topological polar surface area (TPSA) is 61.7 Å². The highest BCUT2D eigenvalue weighted by molar-refractivity contribution is 5.94. The van der Waals surface area contributed by atoms with Crippen LogP contribution in [0, 0.1) is 11.3 Å². The number of likely N-dealkylation sites (tertiary alicyclic amines) is 2. The standard InChI is InChI=1S/C22H29N5O2/c1-17(28)25-12-20-13-26(16-22(20,15-25)14-24(2)3)21(29)19-7-4-6-18(10-19)11-27-9-5-8-23-27/h4-10,20H,11-16H2,1-3H3/t20-,22+/m1/s1. The molecule has 2 aromatic rings. The number of fused-ring (bicyclic) bond motifs is 1. The molecule has 2 amide bonds. The van der Waals surface area contributed by atoms with Crippen LogP contribution in [0.5, 0.6) is 0 Å². The van der Waals surface area contributed by atoms with E-state index < -0.39 is 0 Å². The van der Waals surface area contributed by atoms with Crippen molar-refractivity contribution < 1.29 is 9.59 Å². The summed E-state index contributed by atoms with van der Waals surface area (Å²) in [6, 6.07) is 9.72. The van der Waals surface area contributed by atoms with Gasteiger partial charge < -0.3 is 14.7 Å². The van der Waals surface area contributed by atoms with Crippen molar-refractivity contribution in [2.24, 2.45) is 11.3 Å². The molecule has 1 aromatic carbocycles. The van der Waals surface area contributed by atoms with Gasteiger partial charge >= 0.3 is 0 Å². The van der Waals surface area contributed by atoms with Crippen LogP contribution in [0.1, 0.15) is 22.8 Å². The molecule has 0 radical (unpaired) electrons. The van der Waals surface area contributed by atoms with Crippen LogP contribution in [0.25, 0.3) is 0 Å². The molecule has 2 fully saturated rings. The number of carbonyl (C=O) groups excluding carboxylic acids is 2. The average molecular weight is 396 g/mol. The molecule has 7 nitrogen and oxygen atoms in total. The van der Waals surface area contributed by atoms with Gasteiger partial charge in [-0.3, -0.25) is 14.3 Å². The predicted molar refractivity (Wildman–Crippen MR) is 110 cm³/mol. The number of nitrogens with zero attached hydrogens (tertiary/aromatic N) is 5. The Hall–Kier alpha value is -2.67. The van der Waals surface area contributed by atoms with Crippen LogP contribution in [-0.2, 0) is 11.3 Å². The SMILES string of the molecule is CC(=O)N1C[C@@H]2CN(C(=O)c3cccc(Cn4cccn4)c3)C[C@]2(CN(C)C)C1. The Labute approximate surface area is 171 Å². The zero-order valence-electron chi connectivity index (χ0n) is 17.4. The highest BCUT2D eigenvalue weighted by Crippen LogP contribution is 2.43. The molecule has 0 bridgehead atoms. The van der Waals surface area contributed by atoms with Crippen LogP contribution in [0.15, 0.2) is 42.7 Å². The minimum absolute atomic E-state index is 0.0441. The second-order valence-corrected chi connectivity index (χ2v) is 8.79. The van der Waals surface area contributed by atoms with Crippen molar-refractivity contribution in [2.75, 3.05) is 46.8 Å². The van der Waals surface area contributed by atoms with E-state index in [0.717, 1.165) is 30.8 Å². The van der Waals surface area contributed by atoms with Crippen molar-refractivity contribution in [3.63, 3.8) is 0 Å². The molecule has 7 heteroatoms. The monoisotopic (exact) mass is 395 g/mol. The maximum Gasteiger partial charge on any atom is 0.253 e. The van der Waals surface area contributed by atoms with E-state index in [-0.39, 0.29) is 17.2 Å². The fraction of sp³-hybridized carbons (Fsp3) is 0.500. The van der Waals surface area contributed by atoms with Gasteiger partial charge in [0, 0.05) is 68.9 Å². The molecule has 29 heavy (non-hydrogen) atoms. The van der Waals surface area contributed by atoms with E-state index in [1.54, 1.807) is 13.1 Å². The number of hydrogen-bond acceptors (Lipinski definition) is 4. The van der Waals surface area contributed by atoms with Gasteiger partial charge in [0.1, 0.15) is 0 Å². The van der Waals surface area contributed by atoms with Crippen molar-refractivity contribution >= 4 is 11.8 Å². The summed E-state index contributed by atoms with van der Waals surface area (Å²) in [5.74, 6) is 0.529. The third kappa shape index (κ3) is 3.92. The van der Waals surface area contributed by atoms with Crippen molar-refractivity contribution in [1.29, 1.82) is 0 Å². The smallest absolute Gasteiger partial charge is 0.253 e. The van der Waals surface area contributed by atoms with Gasteiger partial charge in [-0.05, 0) is 37.9 Å². The molecule has 3 heterocycles. The second-order valence-electron chi connectivity index (χ2n) is 8.79. The molecule has 0 N–H and O–H groups in total. The molecule has 0 unspecified atom stereocenters. The van der Waals surface area contributed by atoms with Gasteiger partial charge in [0.2, 0.25) is 5.91 Å². The Morgan fingerprint density at radius 2 is 1.93 bits per heavy atom. The fourth-order valence-corrected chi connectivity index (χ4v) is 4.99. The highest BCUT2D eigenvalue weighted by Gasteiger charge is 2.54. The highest BCUT2D eigenvalue weighted by atomic mass is 16.2. The Kier molecular flexibility index (Phi) is 5.17. The third-order valence-corrected chi connectivity index (χ3v) is 6.20. The van der Waals surface area contributed by atoms with Crippen LogP contribution in [0.2, 0.25) is 0 Å². The quantitative estimate of drug-likeness (QED) is 0.768. The van der Waals surface area contributed by atoms with E-state index in [2.05, 4.69) is 24.1 Å². The predicted octanol–water partition coefficient (Wildman–Crippen LogP) is 1.41. The molecule has 4 rings (SSSR count). The molecule has 2 aliphatic rings. The number of rotatable bonds is 5. The molecule has 0 saturated carbocycles. The van der Waals surface area contributed by atoms with Gasteiger partial charge in [0.05, 0.1) is 6.54 Å². The van der Waals surface area contributed by atoms with E-state index in [4.69, 9.17) is 0 Å². The zero-order chi connectivity index (χ0) is 20.6. The first-order chi connectivity index (χ1) is 13.9. The van der Waals surface area contributed by atoms with E-state index >= 15 is 0 Å². The second kappa shape index (κ2) is 7.63. The summed E-state index contributed by atoms with van der Waals surface area (Å²) in [4.78, 5) is 31.3. The minimum Gasteiger partial charge on any atom is -0.342 e. The summed E-state index contributed by atoms with van der Waals surface area (Å²) in [6.07, 6.45) is 3.68. The molecular weight excluding hydrogens is 366 g/mol. The zero-order valence-corrected chi connectivity index (χ0v) is 17.4. The Balaban J connectivity index is 1.51. The summed E-state index contributed by atoms with van der Waals surface area (Å²) >= 11 is 0. The van der Waals surface area contributed by atoms with E-state index in [1.165, 1.54) is 0 Å². The van der Waals surface area contributed by atoms with Gasteiger partial charge in [-0.15, -0.1) is 0 Å². The number of amides is 2. The van der Waals surface area contributed by atoms with Crippen LogP contribution in [0.4, 0.5) is 0 Å². The third-order valence-electron chi connectivity index (χ3n) is 6.20. The van der Waals surface area contributed by atoms with Gasteiger partial charge in [-0.25, -0.2) is 0 Å². The summed E-state index contributed by atoms with van der Waals surface area (Å²) in [6.45, 7) is 6.04. The van der Waals surface area contributed by atoms with Crippen LogP contribution < -0.4 is 0 Å². The lowest BCUT2D eigenvalue weighted by molar-refractivity contribution is -0.128. The number of aromatic nitrogens is 2. The van der Waals surface area contributed by atoms with E-state index in [0.29, 0.717) is 25.6 Å². The molecular formula is C22H29N5O2. The first kappa shape index (κ1) is 19.6. The molecule has 2 atom stereocenters. The maximum atomic E-state index is 13.3. The van der Waals surface area contributed by atoms with E-state index in [9.17, 15) is 9.59 Å². The first-order valence-corrected chi connectivity index (χ1v) is 10.1. The minimum atomic E-state index is -0.0441. The maximum absolute atomic E-state index is 13.3. The lowest BCUT2D eigenvalue weighted by Crippen LogP contribution is -2.43. The lowest BCUT2D eigenvalue weighted by Gasteiger charge is -2.32. The molecule has 154 valence electrons. The molecule has 1 aromatic heterocycles. The van der Waals surface area contributed by atoms with Gasteiger partial charge in [-0.1, -0.05) is 12.1 Å². The van der Waals surface area contributed by atoms with Crippen molar-refractivity contribution in [3.05, 3.63) is 53.9 Å². The summed E-state index contributed by atoms with van der Waals surface area (Å²) < 4.78 is 1.85. The van der Waals surface area contributed by atoms with Crippen LogP contribution >= 0.6 is 0 Å².